The Bertz CT molecular complexity index is 694. The molecular weight excluding hydrogens is 306 g/mol. The minimum Gasteiger partial charge on any atom is -0.339 e. The van der Waals surface area contributed by atoms with Crippen molar-refractivity contribution in [2.75, 3.05) is 23.7 Å². The Balaban J connectivity index is 2.03. The van der Waals surface area contributed by atoms with Crippen molar-refractivity contribution in [2.24, 2.45) is 0 Å². The van der Waals surface area contributed by atoms with Crippen molar-refractivity contribution >= 4 is 29.0 Å². The van der Waals surface area contributed by atoms with Gasteiger partial charge < -0.3 is 15.5 Å². The first kappa shape index (κ1) is 17.4. The fourth-order valence-corrected chi connectivity index (χ4v) is 2.16. The van der Waals surface area contributed by atoms with E-state index in [9.17, 15) is 9.59 Å². The highest BCUT2D eigenvalue weighted by molar-refractivity contribution is 5.92. The average molecular weight is 327 g/mol. The van der Waals surface area contributed by atoms with Gasteiger partial charge in [-0.25, -0.2) is 9.97 Å². The van der Waals surface area contributed by atoms with Crippen LogP contribution in [0.15, 0.2) is 36.7 Å². The summed E-state index contributed by atoms with van der Waals surface area (Å²) in [6.07, 6.45) is 2.99. The van der Waals surface area contributed by atoms with Gasteiger partial charge in [-0.3, -0.25) is 9.59 Å². The SMILES string of the molecule is CCN(CC)C(=O)c1cnc(Nc2ccc(NC(C)=O)cc2)cn1. The molecule has 7 heteroatoms. The van der Waals surface area contributed by atoms with Gasteiger partial charge in [-0.1, -0.05) is 0 Å². The highest BCUT2D eigenvalue weighted by Gasteiger charge is 2.14. The quantitative estimate of drug-likeness (QED) is 0.852. The lowest BCUT2D eigenvalue weighted by Crippen LogP contribution is -2.31. The predicted octanol–water partition coefficient (Wildman–Crippen LogP) is 2.66. The normalized spacial score (nSPS) is 10.1. The highest BCUT2D eigenvalue weighted by Crippen LogP contribution is 2.17. The fourth-order valence-electron chi connectivity index (χ4n) is 2.16. The summed E-state index contributed by atoms with van der Waals surface area (Å²) in [5, 5.41) is 5.80. The second-order valence-corrected chi connectivity index (χ2v) is 5.15. The number of nitrogens with zero attached hydrogens (tertiary/aromatic N) is 3. The Morgan fingerprint density at radius 2 is 1.62 bits per heavy atom. The van der Waals surface area contributed by atoms with E-state index in [0.29, 0.717) is 24.6 Å². The van der Waals surface area contributed by atoms with Crippen LogP contribution in [0.3, 0.4) is 0 Å². The molecule has 7 nitrogen and oxygen atoms in total. The molecule has 126 valence electrons. The van der Waals surface area contributed by atoms with Gasteiger partial charge in [0.05, 0.1) is 12.4 Å². The second kappa shape index (κ2) is 8.05. The van der Waals surface area contributed by atoms with Crippen molar-refractivity contribution in [2.45, 2.75) is 20.8 Å². The molecule has 2 N–H and O–H groups in total. The molecule has 0 aliphatic heterocycles. The van der Waals surface area contributed by atoms with Gasteiger partial charge in [0.2, 0.25) is 5.91 Å². The molecule has 0 atom stereocenters. The van der Waals surface area contributed by atoms with Crippen molar-refractivity contribution in [3.05, 3.63) is 42.4 Å². The van der Waals surface area contributed by atoms with E-state index in [-0.39, 0.29) is 11.8 Å². The smallest absolute Gasteiger partial charge is 0.274 e. The van der Waals surface area contributed by atoms with Gasteiger partial charge >= 0.3 is 0 Å². The number of aromatic nitrogens is 2. The van der Waals surface area contributed by atoms with E-state index >= 15 is 0 Å². The lowest BCUT2D eigenvalue weighted by Gasteiger charge is -2.17. The zero-order valence-electron chi connectivity index (χ0n) is 14.0. The number of hydrogen-bond acceptors (Lipinski definition) is 5. The van der Waals surface area contributed by atoms with Crippen LogP contribution < -0.4 is 10.6 Å². The largest absolute Gasteiger partial charge is 0.339 e. The van der Waals surface area contributed by atoms with Crippen molar-refractivity contribution in [1.29, 1.82) is 0 Å². The van der Waals surface area contributed by atoms with E-state index in [4.69, 9.17) is 0 Å². The van der Waals surface area contributed by atoms with E-state index in [1.54, 1.807) is 17.0 Å². The maximum Gasteiger partial charge on any atom is 0.274 e. The summed E-state index contributed by atoms with van der Waals surface area (Å²) in [4.78, 5) is 33.3. The maximum atomic E-state index is 12.2. The summed E-state index contributed by atoms with van der Waals surface area (Å²) in [6, 6.07) is 7.22. The molecule has 1 aromatic carbocycles. The van der Waals surface area contributed by atoms with Gasteiger partial charge in [0.25, 0.3) is 5.91 Å². The van der Waals surface area contributed by atoms with E-state index in [1.165, 1.54) is 19.3 Å². The molecule has 2 aromatic rings. The summed E-state index contributed by atoms with van der Waals surface area (Å²) >= 11 is 0. The van der Waals surface area contributed by atoms with Crippen LogP contribution in [-0.2, 0) is 4.79 Å². The second-order valence-electron chi connectivity index (χ2n) is 5.15. The van der Waals surface area contributed by atoms with Crippen LogP contribution in [0.4, 0.5) is 17.2 Å². The molecule has 2 rings (SSSR count). The molecule has 0 unspecified atom stereocenters. The molecule has 2 amide bonds. The number of amides is 2. The van der Waals surface area contributed by atoms with Crippen molar-refractivity contribution in [1.82, 2.24) is 14.9 Å². The molecule has 0 saturated carbocycles. The Hall–Kier alpha value is -2.96. The minimum absolute atomic E-state index is 0.116. The van der Waals surface area contributed by atoms with Crippen molar-refractivity contribution < 1.29 is 9.59 Å². The Kier molecular flexibility index (Phi) is 5.83. The Morgan fingerprint density at radius 1 is 1.00 bits per heavy atom. The van der Waals surface area contributed by atoms with Crippen LogP contribution in [0.2, 0.25) is 0 Å². The summed E-state index contributed by atoms with van der Waals surface area (Å²) in [5.74, 6) is 0.298. The lowest BCUT2D eigenvalue weighted by molar-refractivity contribution is -0.114. The van der Waals surface area contributed by atoms with Crippen LogP contribution >= 0.6 is 0 Å². The van der Waals surface area contributed by atoms with Gasteiger partial charge in [-0.2, -0.15) is 0 Å². The van der Waals surface area contributed by atoms with Crippen LogP contribution in [-0.4, -0.2) is 39.8 Å². The lowest BCUT2D eigenvalue weighted by atomic mass is 10.2. The topological polar surface area (TPSA) is 87.2 Å². The molecule has 24 heavy (non-hydrogen) atoms. The first-order valence-corrected chi connectivity index (χ1v) is 7.79. The minimum atomic E-state index is -0.126. The Labute approximate surface area is 141 Å². The average Bonchev–Trinajstić information content (AvgIpc) is 2.58. The molecule has 0 saturated heterocycles. The first-order chi connectivity index (χ1) is 11.5. The summed E-state index contributed by atoms with van der Waals surface area (Å²) in [6.45, 7) is 6.59. The molecule has 0 aliphatic carbocycles. The molecule has 0 spiro atoms. The summed E-state index contributed by atoms with van der Waals surface area (Å²) < 4.78 is 0. The van der Waals surface area contributed by atoms with E-state index in [1.807, 2.05) is 26.0 Å². The number of rotatable bonds is 6. The van der Waals surface area contributed by atoms with Gasteiger partial charge in [0, 0.05) is 31.4 Å². The molecular formula is C17H21N5O2. The zero-order chi connectivity index (χ0) is 17.5. The van der Waals surface area contributed by atoms with E-state index in [2.05, 4.69) is 20.6 Å². The highest BCUT2D eigenvalue weighted by atomic mass is 16.2. The summed E-state index contributed by atoms with van der Waals surface area (Å²) in [7, 11) is 0. The van der Waals surface area contributed by atoms with Crippen LogP contribution in [0.1, 0.15) is 31.3 Å². The van der Waals surface area contributed by atoms with E-state index in [0.717, 1.165) is 11.4 Å². The standard InChI is InChI=1S/C17H21N5O2/c1-4-22(5-2)17(24)15-10-19-16(11-18-15)21-14-8-6-13(7-9-14)20-12(3)23/h6-11H,4-5H2,1-3H3,(H,19,21)(H,20,23). The third-order valence-electron chi connectivity index (χ3n) is 3.40. The van der Waals surface area contributed by atoms with Gasteiger partial charge in [0.15, 0.2) is 0 Å². The molecule has 0 fully saturated rings. The molecule has 1 heterocycles. The zero-order valence-corrected chi connectivity index (χ0v) is 14.0. The van der Waals surface area contributed by atoms with Crippen LogP contribution in [0.25, 0.3) is 0 Å². The number of nitrogens with one attached hydrogen (secondary N) is 2. The monoisotopic (exact) mass is 327 g/mol. The summed E-state index contributed by atoms with van der Waals surface area (Å²) in [5.41, 5.74) is 1.85. The Morgan fingerprint density at radius 3 is 2.12 bits per heavy atom. The third-order valence-corrected chi connectivity index (χ3v) is 3.40. The van der Waals surface area contributed by atoms with E-state index < -0.39 is 0 Å². The molecule has 0 radical (unpaired) electrons. The fraction of sp³-hybridized carbons (Fsp3) is 0.294. The number of benzene rings is 1. The van der Waals surface area contributed by atoms with Crippen molar-refractivity contribution in [3.8, 4) is 0 Å². The number of carbonyl (C=O) groups is 2. The van der Waals surface area contributed by atoms with Crippen LogP contribution in [0.5, 0.6) is 0 Å². The first-order valence-electron chi connectivity index (χ1n) is 7.79. The number of carbonyl (C=O) groups excluding carboxylic acids is 2. The third kappa shape index (κ3) is 4.52. The van der Waals surface area contributed by atoms with Crippen molar-refractivity contribution in [3.63, 3.8) is 0 Å². The maximum absolute atomic E-state index is 12.2. The predicted molar refractivity (Wildman–Crippen MR) is 93.3 cm³/mol. The van der Waals surface area contributed by atoms with Crippen LogP contribution in [0, 0.1) is 0 Å². The molecule has 0 aliphatic rings. The molecule has 0 bridgehead atoms. The molecule has 1 aromatic heterocycles. The number of hydrogen-bond donors (Lipinski definition) is 2. The van der Waals surface area contributed by atoms with Gasteiger partial charge in [-0.15, -0.1) is 0 Å². The van der Waals surface area contributed by atoms with Gasteiger partial charge in [-0.05, 0) is 38.1 Å². The van der Waals surface area contributed by atoms with Gasteiger partial charge in [0.1, 0.15) is 11.5 Å². The number of anilines is 3.